The predicted octanol–water partition coefficient (Wildman–Crippen LogP) is 3.62. The van der Waals surface area contributed by atoms with Crippen LogP contribution in [0.3, 0.4) is 0 Å². The van der Waals surface area contributed by atoms with Crippen molar-refractivity contribution in [3.8, 4) is 5.75 Å². The largest absolute Gasteiger partial charge is 0.494 e. The average molecular weight is 218 g/mol. The summed E-state index contributed by atoms with van der Waals surface area (Å²) in [5, 5.41) is 0. The van der Waals surface area contributed by atoms with E-state index < -0.39 is 0 Å². The van der Waals surface area contributed by atoms with Crippen LogP contribution in [0.1, 0.15) is 36.0 Å². The summed E-state index contributed by atoms with van der Waals surface area (Å²) >= 11 is 0. The highest BCUT2D eigenvalue weighted by atomic mass is 16.5. The Labute approximate surface area is 96.9 Å². The van der Waals surface area contributed by atoms with Crippen LogP contribution in [0.4, 0.5) is 0 Å². The number of hydrogen-bond acceptors (Lipinski definition) is 2. The lowest BCUT2D eigenvalue weighted by atomic mass is 10.2. The highest BCUT2D eigenvalue weighted by Gasteiger charge is 1.95. The number of allylic oxidation sites excluding steroid dienone is 1. The Bertz CT molecular complexity index is 331. The lowest BCUT2D eigenvalue weighted by Crippen LogP contribution is -1.97. The number of benzene rings is 1. The fourth-order valence-electron chi connectivity index (χ4n) is 1.44. The van der Waals surface area contributed by atoms with E-state index >= 15 is 0 Å². The maximum atomic E-state index is 10.5. The van der Waals surface area contributed by atoms with Crippen LogP contribution in [0, 0.1) is 0 Å². The second-order valence-corrected chi connectivity index (χ2v) is 3.68. The highest BCUT2D eigenvalue weighted by molar-refractivity contribution is 5.75. The summed E-state index contributed by atoms with van der Waals surface area (Å²) in [5.74, 6) is 0.772. The van der Waals surface area contributed by atoms with E-state index in [0.29, 0.717) is 12.2 Å². The third-order valence-corrected chi connectivity index (χ3v) is 2.32. The van der Waals surface area contributed by atoms with Crippen molar-refractivity contribution in [3.05, 3.63) is 42.5 Å². The molecule has 0 radical (unpaired) electrons. The summed E-state index contributed by atoms with van der Waals surface area (Å²) in [6.07, 6.45) is 7.20. The second kappa shape index (κ2) is 7.69. The second-order valence-electron chi connectivity index (χ2n) is 3.68. The van der Waals surface area contributed by atoms with E-state index in [1.54, 1.807) is 12.1 Å². The van der Waals surface area contributed by atoms with Crippen LogP contribution in [0.2, 0.25) is 0 Å². The summed E-state index contributed by atoms with van der Waals surface area (Å²) in [5.41, 5.74) is 0.657. The number of carbonyl (C=O) groups excluding carboxylic acids is 1. The maximum absolute atomic E-state index is 10.5. The van der Waals surface area contributed by atoms with E-state index in [0.717, 1.165) is 31.3 Å². The van der Waals surface area contributed by atoms with E-state index in [2.05, 4.69) is 6.58 Å². The summed E-state index contributed by atoms with van der Waals surface area (Å²) in [6.45, 7) is 4.39. The van der Waals surface area contributed by atoms with E-state index in [4.69, 9.17) is 4.74 Å². The molecule has 0 saturated heterocycles. The average Bonchev–Trinajstić information content (AvgIpc) is 2.34. The first-order chi connectivity index (χ1) is 7.86. The van der Waals surface area contributed by atoms with Crippen molar-refractivity contribution in [1.82, 2.24) is 0 Å². The number of ether oxygens (including phenoxy) is 1. The van der Waals surface area contributed by atoms with Crippen LogP contribution in [0.25, 0.3) is 0 Å². The number of hydrogen-bond donors (Lipinski definition) is 0. The van der Waals surface area contributed by atoms with E-state index in [-0.39, 0.29) is 0 Å². The van der Waals surface area contributed by atoms with Crippen molar-refractivity contribution in [1.29, 1.82) is 0 Å². The fraction of sp³-hybridized carbons (Fsp3) is 0.357. The third-order valence-electron chi connectivity index (χ3n) is 2.32. The first kappa shape index (κ1) is 12.5. The molecule has 0 N–H and O–H groups in total. The Morgan fingerprint density at radius 1 is 1.25 bits per heavy atom. The third kappa shape index (κ3) is 4.78. The maximum Gasteiger partial charge on any atom is 0.150 e. The van der Waals surface area contributed by atoms with Crippen LogP contribution in [0.15, 0.2) is 36.9 Å². The zero-order chi connectivity index (χ0) is 11.6. The molecule has 0 amide bonds. The normalized spacial score (nSPS) is 9.75. The van der Waals surface area contributed by atoms with Gasteiger partial charge in [0.05, 0.1) is 6.61 Å². The van der Waals surface area contributed by atoms with Gasteiger partial charge in [-0.2, -0.15) is 0 Å². The van der Waals surface area contributed by atoms with Gasteiger partial charge in [0.2, 0.25) is 0 Å². The van der Waals surface area contributed by atoms with Gasteiger partial charge in [-0.1, -0.05) is 18.2 Å². The number of rotatable bonds is 8. The SMILES string of the molecule is C=CCCCCCOc1cccc(C=O)c1. The quantitative estimate of drug-likeness (QED) is 0.378. The Hall–Kier alpha value is -1.57. The predicted molar refractivity (Wildman–Crippen MR) is 66.0 cm³/mol. The number of carbonyl (C=O) groups is 1. The van der Waals surface area contributed by atoms with Crippen molar-refractivity contribution in [2.24, 2.45) is 0 Å². The molecule has 0 spiro atoms. The van der Waals surface area contributed by atoms with Gasteiger partial charge in [-0.25, -0.2) is 0 Å². The Morgan fingerprint density at radius 2 is 2.12 bits per heavy atom. The van der Waals surface area contributed by atoms with Gasteiger partial charge in [0.1, 0.15) is 12.0 Å². The molecule has 0 aliphatic heterocycles. The lowest BCUT2D eigenvalue weighted by Gasteiger charge is -2.05. The van der Waals surface area contributed by atoms with Gasteiger partial charge in [0, 0.05) is 5.56 Å². The molecule has 2 nitrogen and oxygen atoms in total. The van der Waals surface area contributed by atoms with Crippen molar-refractivity contribution in [2.75, 3.05) is 6.61 Å². The monoisotopic (exact) mass is 218 g/mol. The van der Waals surface area contributed by atoms with E-state index in [1.165, 1.54) is 6.42 Å². The van der Waals surface area contributed by atoms with Gasteiger partial charge in [-0.05, 0) is 37.8 Å². The minimum Gasteiger partial charge on any atom is -0.494 e. The summed E-state index contributed by atoms with van der Waals surface area (Å²) in [6, 6.07) is 7.23. The first-order valence-corrected chi connectivity index (χ1v) is 5.66. The fourth-order valence-corrected chi connectivity index (χ4v) is 1.44. The molecular weight excluding hydrogens is 200 g/mol. The van der Waals surface area contributed by atoms with Gasteiger partial charge < -0.3 is 4.74 Å². The zero-order valence-electron chi connectivity index (χ0n) is 9.52. The molecule has 0 saturated carbocycles. The Balaban J connectivity index is 2.21. The molecule has 0 heterocycles. The Kier molecular flexibility index (Phi) is 6.00. The minimum absolute atomic E-state index is 0.657. The first-order valence-electron chi connectivity index (χ1n) is 5.66. The molecule has 0 aliphatic carbocycles. The van der Waals surface area contributed by atoms with E-state index in [9.17, 15) is 4.79 Å². The lowest BCUT2D eigenvalue weighted by molar-refractivity contribution is 0.112. The van der Waals surface area contributed by atoms with Crippen molar-refractivity contribution in [2.45, 2.75) is 25.7 Å². The van der Waals surface area contributed by atoms with Crippen LogP contribution >= 0.6 is 0 Å². The highest BCUT2D eigenvalue weighted by Crippen LogP contribution is 2.12. The smallest absolute Gasteiger partial charge is 0.150 e. The van der Waals surface area contributed by atoms with Gasteiger partial charge in [-0.15, -0.1) is 6.58 Å². The molecule has 0 fully saturated rings. The molecule has 86 valence electrons. The van der Waals surface area contributed by atoms with Gasteiger partial charge >= 0.3 is 0 Å². The zero-order valence-corrected chi connectivity index (χ0v) is 9.52. The molecule has 16 heavy (non-hydrogen) atoms. The molecular formula is C14H18O2. The molecule has 2 heteroatoms. The number of aldehydes is 1. The summed E-state index contributed by atoms with van der Waals surface area (Å²) in [4.78, 5) is 10.5. The summed E-state index contributed by atoms with van der Waals surface area (Å²) in [7, 11) is 0. The van der Waals surface area contributed by atoms with Crippen molar-refractivity contribution in [3.63, 3.8) is 0 Å². The molecule has 1 rings (SSSR count). The summed E-state index contributed by atoms with van der Waals surface area (Å²) < 4.78 is 5.54. The van der Waals surface area contributed by atoms with Crippen LogP contribution < -0.4 is 4.74 Å². The van der Waals surface area contributed by atoms with Crippen LogP contribution in [0.5, 0.6) is 5.75 Å². The molecule has 0 aromatic heterocycles. The molecule has 0 bridgehead atoms. The van der Waals surface area contributed by atoms with Crippen LogP contribution in [-0.2, 0) is 0 Å². The molecule has 0 aliphatic rings. The van der Waals surface area contributed by atoms with Gasteiger partial charge in [0.15, 0.2) is 0 Å². The minimum atomic E-state index is 0.657. The van der Waals surface area contributed by atoms with Gasteiger partial charge in [0.25, 0.3) is 0 Å². The Morgan fingerprint density at radius 3 is 2.88 bits per heavy atom. The standard InChI is InChI=1S/C14H18O2/c1-2-3-4-5-6-10-16-14-9-7-8-13(11-14)12-15/h2,7-9,11-12H,1,3-6,10H2. The van der Waals surface area contributed by atoms with Crippen molar-refractivity contribution >= 4 is 6.29 Å². The molecule has 1 aromatic carbocycles. The van der Waals surface area contributed by atoms with Crippen LogP contribution in [-0.4, -0.2) is 12.9 Å². The molecule has 0 atom stereocenters. The number of unbranched alkanes of at least 4 members (excludes halogenated alkanes) is 3. The molecule has 1 aromatic rings. The topological polar surface area (TPSA) is 26.3 Å². The van der Waals surface area contributed by atoms with Gasteiger partial charge in [-0.3, -0.25) is 4.79 Å². The van der Waals surface area contributed by atoms with E-state index in [1.807, 2.05) is 18.2 Å². The van der Waals surface area contributed by atoms with Crippen molar-refractivity contribution < 1.29 is 9.53 Å². The molecule has 0 unspecified atom stereocenters.